The molecule has 1 amide bonds. The molecule has 2 unspecified atom stereocenters. The number of carbonyl (C=O) groups is 1. The molecule has 0 aromatic heterocycles. The highest BCUT2D eigenvalue weighted by Crippen LogP contribution is 2.24. The molecule has 33 heavy (non-hydrogen) atoms. The minimum absolute atomic E-state index is 0.0554. The molecule has 2 N–H and O–H groups in total. The number of hydrogen-bond donors (Lipinski definition) is 2. The molecule has 0 saturated carbocycles. The summed E-state index contributed by atoms with van der Waals surface area (Å²) in [4.78, 5) is 21.0. The molecular formula is C26H35N5O2. The Hall–Kier alpha value is -2.90. The van der Waals surface area contributed by atoms with Crippen molar-refractivity contribution >= 4 is 17.6 Å². The average molecular weight is 450 g/mol. The van der Waals surface area contributed by atoms with Gasteiger partial charge in [0.1, 0.15) is 0 Å². The van der Waals surface area contributed by atoms with Crippen LogP contribution in [0.25, 0.3) is 0 Å². The van der Waals surface area contributed by atoms with Gasteiger partial charge in [-0.05, 0) is 36.6 Å². The van der Waals surface area contributed by atoms with E-state index in [0.717, 1.165) is 57.4 Å². The second kappa shape index (κ2) is 11.3. The van der Waals surface area contributed by atoms with Gasteiger partial charge in [-0.3, -0.25) is 14.7 Å². The van der Waals surface area contributed by atoms with Crippen molar-refractivity contribution in [3.8, 4) is 0 Å². The fraction of sp³-hybridized carbons (Fsp3) is 0.462. The predicted molar refractivity (Wildman–Crippen MR) is 132 cm³/mol. The maximum absolute atomic E-state index is 11.2. The molecule has 0 spiro atoms. The zero-order chi connectivity index (χ0) is 23.0. The monoisotopic (exact) mass is 449 g/mol. The van der Waals surface area contributed by atoms with E-state index in [0.29, 0.717) is 12.6 Å². The van der Waals surface area contributed by atoms with Gasteiger partial charge in [0, 0.05) is 51.9 Å². The Morgan fingerprint density at radius 1 is 1.09 bits per heavy atom. The van der Waals surface area contributed by atoms with Gasteiger partial charge >= 0.3 is 0 Å². The number of anilines is 1. The lowest BCUT2D eigenvalue weighted by molar-refractivity contribution is -0.114. The van der Waals surface area contributed by atoms with Crippen LogP contribution in [0.4, 0.5) is 5.69 Å². The van der Waals surface area contributed by atoms with E-state index >= 15 is 0 Å². The van der Waals surface area contributed by atoms with Gasteiger partial charge in [0.25, 0.3) is 0 Å². The molecular weight excluding hydrogens is 414 g/mol. The molecule has 0 aliphatic carbocycles. The molecule has 2 aliphatic heterocycles. The highest BCUT2D eigenvalue weighted by molar-refractivity contribution is 5.88. The lowest BCUT2D eigenvalue weighted by Crippen LogP contribution is -2.50. The van der Waals surface area contributed by atoms with Gasteiger partial charge in [0.05, 0.1) is 18.8 Å². The molecule has 2 atom stereocenters. The highest BCUT2D eigenvalue weighted by Gasteiger charge is 2.41. The molecule has 2 heterocycles. The van der Waals surface area contributed by atoms with E-state index in [9.17, 15) is 4.79 Å². The second-order valence-corrected chi connectivity index (χ2v) is 8.70. The summed E-state index contributed by atoms with van der Waals surface area (Å²) >= 11 is 0. The van der Waals surface area contributed by atoms with Crippen LogP contribution in [0.3, 0.4) is 0 Å². The molecule has 2 fully saturated rings. The van der Waals surface area contributed by atoms with E-state index in [4.69, 9.17) is 9.73 Å². The molecule has 2 aromatic rings. The molecule has 0 radical (unpaired) electrons. The summed E-state index contributed by atoms with van der Waals surface area (Å²) < 4.78 is 6.14. The van der Waals surface area contributed by atoms with E-state index in [1.807, 2.05) is 24.3 Å². The number of likely N-dealkylation sites (tertiary alicyclic amines) is 1. The Kier molecular flexibility index (Phi) is 7.96. The SMILES string of the molecule is CCNC(=NCCc1ccc(NC(C)=O)cc1)N1CC2OCCN(Cc3ccccc3)C2C1. The predicted octanol–water partition coefficient (Wildman–Crippen LogP) is 2.74. The van der Waals surface area contributed by atoms with E-state index in [1.165, 1.54) is 18.1 Å². The van der Waals surface area contributed by atoms with E-state index < -0.39 is 0 Å². The summed E-state index contributed by atoms with van der Waals surface area (Å²) in [6.45, 7) is 9.68. The first kappa shape index (κ1) is 23.3. The first-order valence-electron chi connectivity index (χ1n) is 11.9. The third-order valence-electron chi connectivity index (χ3n) is 6.22. The van der Waals surface area contributed by atoms with Crippen molar-refractivity contribution in [2.75, 3.05) is 44.6 Å². The van der Waals surface area contributed by atoms with Crippen LogP contribution in [0.5, 0.6) is 0 Å². The summed E-state index contributed by atoms with van der Waals surface area (Å²) in [5.74, 6) is 0.908. The lowest BCUT2D eigenvalue weighted by atomic mass is 10.1. The summed E-state index contributed by atoms with van der Waals surface area (Å²) in [5.41, 5.74) is 3.38. The normalized spacial score (nSPS) is 21.0. The number of benzene rings is 2. The summed E-state index contributed by atoms with van der Waals surface area (Å²) in [7, 11) is 0. The van der Waals surface area contributed by atoms with Crippen molar-refractivity contribution in [2.24, 2.45) is 4.99 Å². The van der Waals surface area contributed by atoms with Gasteiger partial charge in [-0.2, -0.15) is 0 Å². The van der Waals surface area contributed by atoms with Crippen LogP contribution in [0.1, 0.15) is 25.0 Å². The van der Waals surface area contributed by atoms with Crippen LogP contribution in [0, 0.1) is 0 Å². The smallest absolute Gasteiger partial charge is 0.221 e. The third-order valence-corrected chi connectivity index (χ3v) is 6.22. The molecule has 176 valence electrons. The molecule has 7 nitrogen and oxygen atoms in total. The maximum atomic E-state index is 11.2. The Balaban J connectivity index is 1.36. The number of rotatable bonds is 7. The van der Waals surface area contributed by atoms with Crippen molar-refractivity contribution < 1.29 is 9.53 Å². The molecule has 2 saturated heterocycles. The Bertz CT molecular complexity index is 931. The first-order chi connectivity index (χ1) is 16.1. The van der Waals surface area contributed by atoms with Crippen molar-refractivity contribution in [1.29, 1.82) is 0 Å². The molecule has 0 bridgehead atoms. The standard InChI is InChI=1S/C26H35N5O2/c1-3-27-26(28-14-13-21-9-11-23(12-10-21)29-20(2)32)31-18-24-25(19-31)33-16-15-30(24)17-22-7-5-4-6-8-22/h4-12,24-25H,3,13-19H2,1-2H3,(H,27,28)(H,29,32). The zero-order valence-corrected chi connectivity index (χ0v) is 19.7. The third kappa shape index (κ3) is 6.33. The summed E-state index contributed by atoms with van der Waals surface area (Å²) in [6.07, 6.45) is 1.07. The number of morpholine rings is 1. The van der Waals surface area contributed by atoms with E-state index in [1.54, 1.807) is 0 Å². The van der Waals surface area contributed by atoms with Gasteiger partial charge < -0.3 is 20.3 Å². The zero-order valence-electron chi connectivity index (χ0n) is 19.7. The van der Waals surface area contributed by atoms with Crippen LogP contribution < -0.4 is 10.6 Å². The lowest BCUT2D eigenvalue weighted by Gasteiger charge is -2.36. The number of aliphatic imine (C=N–C) groups is 1. The second-order valence-electron chi connectivity index (χ2n) is 8.70. The summed E-state index contributed by atoms with van der Waals surface area (Å²) in [5, 5.41) is 6.27. The number of nitrogens with one attached hydrogen (secondary N) is 2. The number of ether oxygens (including phenoxy) is 1. The quantitative estimate of drug-likeness (QED) is 0.503. The fourth-order valence-electron chi connectivity index (χ4n) is 4.62. The van der Waals surface area contributed by atoms with Crippen LogP contribution in [-0.2, 0) is 22.5 Å². The van der Waals surface area contributed by atoms with Gasteiger partial charge in [-0.1, -0.05) is 42.5 Å². The van der Waals surface area contributed by atoms with Crippen LogP contribution in [0.2, 0.25) is 0 Å². The molecule has 2 aromatic carbocycles. The number of guanidine groups is 1. The number of amides is 1. The van der Waals surface area contributed by atoms with Crippen molar-refractivity contribution in [3.63, 3.8) is 0 Å². The van der Waals surface area contributed by atoms with Crippen LogP contribution in [-0.4, -0.2) is 73.1 Å². The van der Waals surface area contributed by atoms with Crippen molar-refractivity contribution in [2.45, 2.75) is 39.0 Å². The topological polar surface area (TPSA) is 69.2 Å². The number of nitrogens with zero attached hydrogens (tertiary/aromatic N) is 3. The largest absolute Gasteiger partial charge is 0.373 e. The Morgan fingerprint density at radius 3 is 2.61 bits per heavy atom. The van der Waals surface area contributed by atoms with Crippen LogP contribution >= 0.6 is 0 Å². The van der Waals surface area contributed by atoms with Crippen LogP contribution in [0.15, 0.2) is 59.6 Å². The van der Waals surface area contributed by atoms with Crippen molar-refractivity contribution in [1.82, 2.24) is 15.1 Å². The average Bonchev–Trinajstić information content (AvgIpc) is 3.25. The highest BCUT2D eigenvalue weighted by atomic mass is 16.5. The Labute approximate surface area is 196 Å². The van der Waals surface area contributed by atoms with E-state index in [2.05, 4.69) is 57.7 Å². The maximum Gasteiger partial charge on any atom is 0.221 e. The van der Waals surface area contributed by atoms with E-state index in [-0.39, 0.29) is 12.0 Å². The molecule has 4 rings (SSSR count). The summed E-state index contributed by atoms with van der Waals surface area (Å²) in [6, 6.07) is 19.0. The number of fused-ring (bicyclic) bond motifs is 1. The minimum atomic E-state index is -0.0554. The van der Waals surface area contributed by atoms with Gasteiger partial charge in [0.2, 0.25) is 5.91 Å². The van der Waals surface area contributed by atoms with Gasteiger partial charge in [-0.25, -0.2) is 0 Å². The molecule has 7 heteroatoms. The molecule has 2 aliphatic rings. The van der Waals surface area contributed by atoms with Crippen molar-refractivity contribution in [3.05, 3.63) is 65.7 Å². The number of hydrogen-bond acceptors (Lipinski definition) is 4. The van der Waals surface area contributed by atoms with Gasteiger partial charge in [-0.15, -0.1) is 0 Å². The van der Waals surface area contributed by atoms with Gasteiger partial charge in [0.15, 0.2) is 5.96 Å². The minimum Gasteiger partial charge on any atom is -0.373 e. The Morgan fingerprint density at radius 2 is 1.88 bits per heavy atom. The number of carbonyl (C=O) groups excluding carboxylic acids is 1. The fourth-order valence-corrected chi connectivity index (χ4v) is 4.62. The first-order valence-corrected chi connectivity index (χ1v) is 11.9.